The van der Waals surface area contributed by atoms with Gasteiger partial charge in [-0.05, 0) is 40.5 Å². The molecule has 1 saturated heterocycles. The molecule has 1 amide bonds. The number of para-hydroxylation sites is 2. The zero-order valence-electron chi connectivity index (χ0n) is 14.8. The lowest BCUT2D eigenvalue weighted by molar-refractivity contribution is 0.0761. The van der Waals surface area contributed by atoms with Crippen LogP contribution in [-0.2, 0) is 0 Å². The molecule has 0 atom stereocenters. The van der Waals surface area contributed by atoms with E-state index in [1.165, 1.54) is 0 Å². The number of H-pyrrole nitrogens is 1. The first-order chi connectivity index (χ1) is 13.2. The number of carbonyl (C=O) groups excluding carboxylic acids is 1. The van der Waals surface area contributed by atoms with E-state index < -0.39 is 0 Å². The fourth-order valence-electron chi connectivity index (χ4n) is 3.62. The predicted octanol–water partition coefficient (Wildman–Crippen LogP) is 4.15. The van der Waals surface area contributed by atoms with Crippen molar-refractivity contribution in [2.45, 2.75) is 6.42 Å². The molecule has 2 heterocycles. The molecular weight excluding hydrogens is 404 g/mol. The van der Waals surface area contributed by atoms with Crippen molar-refractivity contribution in [3.05, 3.63) is 64.3 Å². The molecule has 3 aromatic rings. The van der Waals surface area contributed by atoms with Crippen molar-refractivity contribution >= 4 is 38.4 Å². The number of nitrogens with zero attached hydrogens (tertiary/aromatic N) is 3. The number of rotatable bonds is 2. The predicted molar refractivity (Wildman–Crippen MR) is 110 cm³/mol. The van der Waals surface area contributed by atoms with E-state index in [1.807, 2.05) is 53.4 Å². The van der Waals surface area contributed by atoms with Gasteiger partial charge in [0.15, 0.2) is 0 Å². The number of benzene rings is 2. The summed E-state index contributed by atoms with van der Waals surface area (Å²) < 4.78 is 0.819. The molecule has 1 fully saturated rings. The second kappa shape index (κ2) is 7.45. The molecule has 4 rings (SSSR count). The normalized spacial score (nSPS) is 14.8. The van der Waals surface area contributed by atoms with Crippen molar-refractivity contribution in [3.63, 3.8) is 0 Å². The van der Waals surface area contributed by atoms with Crippen molar-refractivity contribution in [3.8, 4) is 6.07 Å². The molecular formula is C21H19BrN4O. The van der Waals surface area contributed by atoms with Gasteiger partial charge in [-0.2, -0.15) is 5.26 Å². The topological polar surface area (TPSA) is 63.1 Å². The van der Waals surface area contributed by atoms with E-state index in [2.05, 4.69) is 31.9 Å². The number of hydrogen-bond donors (Lipinski definition) is 1. The van der Waals surface area contributed by atoms with E-state index in [0.717, 1.165) is 34.0 Å². The van der Waals surface area contributed by atoms with Crippen LogP contribution >= 0.6 is 15.9 Å². The van der Waals surface area contributed by atoms with E-state index in [-0.39, 0.29) is 5.91 Å². The summed E-state index contributed by atoms with van der Waals surface area (Å²) in [6.07, 6.45) is 0.864. The molecule has 136 valence electrons. The number of carbonyl (C=O) groups is 1. The zero-order valence-corrected chi connectivity index (χ0v) is 16.4. The number of nitriles is 1. The monoisotopic (exact) mass is 422 g/mol. The molecule has 1 aliphatic heterocycles. The summed E-state index contributed by atoms with van der Waals surface area (Å²) in [7, 11) is 0. The van der Waals surface area contributed by atoms with Crippen molar-refractivity contribution in [1.82, 2.24) is 9.88 Å². The average molecular weight is 423 g/mol. The van der Waals surface area contributed by atoms with Gasteiger partial charge in [0.1, 0.15) is 11.8 Å². The summed E-state index contributed by atoms with van der Waals surface area (Å²) in [6.45, 7) is 2.87. The van der Waals surface area contributed by atoms with E-state index in [4.69, 9.17) is 0 Å². The summed E-state index contributed by atoms with van der Waals surface area (Å²) in [4.78, 5) is 20.4. The summed E-state index contributed by atoms with van der Waals surface area (Å²) in [5.74, 6) is 0.00786. The van der Waals surface area contributed by atoms with Crippen LogP contribution in [-0.4, -0.2) is 42.0 Å². The summed E-state index contributed by atoms with van der Waals surface area (Å²) in [6, 6.07) is 17.8. The van der Waals surface area contributed by atoms with Gasteiger partial charge in [-0.15, -0.1) is 0 Å². The van der Waals surface area contributed by atoms with Gasteiger partial charge in [-0.1, -0.05) is 30.3 Å². The first-order valence-electron chi connectivity index (χ1n) is 8.98. The maximum atomic E-state index is 13.1. The minimum atomic E-state index is 0.00786. The van der Waals surface area contributed by atoms with Crippen LogP contribution in [0.25, 0.3) is 10.9 Å². The largest absolute Gasteiger partial charge is 0.369 e. The third-order valence-corrected chi connectivity index (χ3v) is 5.83. The standard InChI is InChI=1S/C21H19BrN4O/c22-19-16-7-2-3-8-17(16)24-20(19)21(27)26-11-5-10-25(12-13-26)18-9-4-1-6-15(18)14-23/h1-4,6-9,24H,5,10-13H2. The first-order valence-corrected chi connectivity index (χ1v) is 9.78. The Hall–Kier alpha value is -2.78. The number of fused-ring (bicyclic) bond motifs is 1. The van der Waals surface area contributed by atoms with Gasteiger partial charge in [-0.3, -0.25) is 4.79 Å². The Morgan fingerprint density at radius 2 is 1.81 bits per heavy atom. The molecule has 0 aliphatic carbocycles. The number of amides is 1. The molecule has 0 radical (unpaired) electrons. The van der Waals surface area contributed by atoms with Crippen LogP contribution in [0, 0.1) is 11.3 Å². The highest BCUT2D eigenvalue weighted by atomic mass is 79.9. The lowest BCUT2D eigenvalue weighted by atomic mass is 10.1. The van der Waals surface area contributed by atoms with Crippen LogP contribution in [0.15, 0.2) is 53.0 Å². The first kappa shape index (κ1) is 17.6. The van der Waals surface area contributed by atoms with Crippen molar-refractivity contribution < 1.29 is 4.79 Å². The lowest BCUT2D eigenvalue weighted by Gasteiger charge is -2.24. The van der Waals surface area contributed by atoms with Crippen LogP contribution in [0.5, 0.6) is 0 Å². The van der Waals surface area contributed by atoms with Gasteiger partial charge >= 0.3 is 0 Å². The molecule has 0 unspecified atom stereocenters. The number of anilines is 1. The maximum Gasteiger partial charge on any atom is 0.271 e. The number of hydrogen-bond acceptors (Lipinski definition) is 3. The smallest absolute Gasteiger partial charge is 0.271 e. The quantitative estimate of drug-likeness (QED) is 0.674. The maximum absolute atomic E-state index is 13.1. The third-order valence-electron chi connectivity index (χ3n) is 5.00. The van der Waals surface area contributed by atoms with Crippen LogP contribution in [0.2, 0.25) is 0 Å². The molecule has 1 aliphatic rings. The molecule has 0 spiro atoms. The fourth-order valence-corrected chi connectivity index (χ4v) is 4.23. The molecule has 27 heavy (non-hydrogen) atoms. The van der Waals surface area contributed by atoms with Crippen molar-refractivity contribution in [2.75, 3.05) is 31.1 Å². The van der Waals surface area contributed by atoms with Gasteiger partial charge in [0.25, 0.3) is 5.91 Å². The Bertz CT molecular complexity index is 1040. The van der Waals surface area contributed by atoms with Crippen molar-refractivity contribution in [2.24, 2.45) is 0 Å². The van der Waals surface area contributed by atoms with Crippen LogP contribution in [0.3, 0.4) is 0 Å². The highest BCUT2D eigenvalue weighted by Gasteiger charge is 2.24. The molecule has 0 bridgehead atoms. The van der Waals surface area contributed by atoms with E-state index in [9.17, 15) is 10.1 Å². The Labute approximate surface area is 166 Å². The van der Waals surface area contributed by atoms with Gasteiger partial charge in [0.05, 0.1) is 15.7 Å². The van der Waals surface area contributed by atoms with Gasteiger partial charge < -0.3 is 14.8 Å². The third kappa shape index (κ3) is 3.31. The van der Waals surface area contributed by atoms with E-state index in [0.29, 0.717) is 30.9 Å². The summed E-state index contributed by atoms with van der Waals surface area (Å²) >= 11 is 3.58. The highest BCUT2D eigenvalue weighted by molar-refractivity contribution is 9.10. The van der Waals surface area contributed by atoms with Crippen LogP contribution in [0.4, 0.5) is 5.69 Å². The molecule has 6 heteroatoms. The Morgan fingerprint density at radius 3 is 2.63 bits per heavy atom. The van der Waals surface area contributed by atoms with Gasteiger partial charge in [0, 0.05) is 37.1 Å². The summed E-state index contributed by atoms with van der Waals surface area (Å²) in [5, 5.41) is 10.4. The minimum absolute atomic E-state index is 0.00786. The van der Waals surface area contributed by atoms with Crippen molar-refractivity contribution in [1.29, 1.82) is 5.26 Å². The number of halogens is 1. The number of aromatic nitrogens is 1. The number of nitrogens with one attached hydrogen (secondary N) is 1. The summed E-state index contributed by atoms with van der Waals surface area (Å²) in [5.41, 5.74) is 3.17. The van der Waals surface area contributed by atoms with Crippen LogP contribution in [0.1, 0.15) is 22.5 Å². The average Bonchev–Trinajstić information content (AvgIpc) is 2.89. The van der Waals surface area contributed by atoms with Gasteiger partial charge in [0.2, 0.25) is 0 Å². The Morgan fingerprint density at radius 1 is 1.04 bits per heavy atom. The molecule has 1 aromatic heterocycles. The zero-order chi connectivity index (χ0) is 18.8. The van der Waals surface area contributed by atoms with Crippen LogP contribution < -0.4 is 4.90 Å². The van der Waals surface area contributed by atoms with E-state index in [1.54, 1.807) is 0 Å². The minimum Gasteiger partial charge on any atom is -0.369 e. The molecule has 5 nitrogen and oxygen atoms in total. The van der Waals surface area contributed by atoms with E-state index >= 15 is 0 Å². The number of aromatic amines is 1. The molecule has 2 aromatic carbocycles. The SMILES string of the molecule is N#Cc1ccccc1N1CCCN(C(=O)c2[nH]c3ccccc3c2Br)CC1. The molecule has 1 N–H and O–H groups in total. The second-order valence-electron chi connectivity index (χ2n) is 6.62. The van der Waals surface area contributed by atoms with Gasteiger partial charge in [-0.25, -0.2) is 0 Å². The Kier molecular flexibility index (Phi) is 4.87. The highest BCUT2D eigenvalue weighted by Crippen LogP contribution is 2.29. The Balaban J connectivity index is 1.55. The lowest BCUT2D eigenvalue weighted by Crippen LogP contribution is -2.35. The molecule has 0 saturated carbocycles. The fraction of sp³-hybridized carbons (Fsp3) is 0.238. The second-order valence-corrected chi connectivity index (χ2v) is 7.41.